The molecular weight excluding hydrogens is 234 g/mol. The number of rotatable bonds is 2. The normalized spacial score (nSPS) is 21.2. The Kier molecular flexibility index (Phi) is 3.65. The van der Waals surface area contributed by atoms with Gasteiger partial charge in [-0.3, -0.25) is 4.98 Å². The quantitative estimate of drug-likeness (QED) is 0.893. The van der Waals surface area contributed by atoms with E-state index in [-0.39, 0.29) is 0 Å². The third-order valence-corrected chi connectivity index (χ3v) is 3.99. The van der Waals surface area contributed by atoms with Gasteiger partial charge >= 0.3 is 0 Å². The summed E-state index contributed by atoms with van der Waals surface area (Å²) in [5.41, 5.74) is 1.22. The molecule has 1 N–H and O–H groups in total. The first-order chi connectivity index (χ1) is 9.33. The van der Waals surface area contributed by atoms with Gasteiger partial charge in [-0.15, -0.1) is 0 Å². The van der Waals surface area contributed by atoms with Gasteiger partial charge in [0.25, 0.3) is 0 Å². The summed E-state index contributed by atoms with van der Waals surface area (Å²) in [7, 11) is 2.21. The first-order valence-corrected chi connectivity index (χ1v) is 7.11. The van der Waals surface area contributed by atoms with Gasteiger partial charge in [0.05, 0.1) is 0 Å². The maximum absolute atomic E-state index is 4.25. The Morgan fingerprint density at radius 1 is 1.21 bits per heavy atom. The molecule has 3 rings (SSSR count). The van der Waals surface area contributed by atoms with Gasteiger partial charge in [-0.05, 0) is 56.9 Å². The summed E-state index contributed by atoms with van der Waals surface area (Å²) in [6.45, 7) is 2.40. The summed E-state index contributed by atoms with van der Waals surface area (Å²) in [4.78, 5) is 6.67. The molecule has 1 unspecified atom stereocenters. The van der Waals surface area contributed by atoms with Gasteiger partial charge in [0.1, 0.15) is 0 Å². The summed E-state index contributed by atoms with van der Waals surface area (Å²) in [6, 6.07) is 9.08. The largest absolute Gasteiger partial charge is 0.382 e. The molecular formula is C16H21N3. The number of likely N-dealkylation sites (tertiary alicyclic amines) is 1. The van der Waals surface area contributed by atoms with Gasteiger partial charge in [-0.1, -0.05) is 12.1 Å². The highest BCUT2D eigenvalue weighted by molar-refractivity contribution is 5.93. The molecule has 2 aromatic rings. The van der Waals surface area contributed by atoms with Crippen molar-refractivity contribution < 1.29 is 0 Å². The second kappa shape index (κ2) is 5.57. The zero-order valence-corrected chi connectivity index (χ0v) is 11.5. The number of nitrogens with one attached hydrogen (secondary N) is 1. The molecule has 0 spiro atoms. The van der Waals surface area contributed by atoms with Crippen LogP contribution in [0.3, 0.4) is 0 Å². The highest BCUT2D eigenvalue weighted by Crippen LogP contribution is 2.24. The van der Waals surface area contributed by atoms with Crippen LogP contribution in [0.1, 0.15) is 19.3 Å². The summed E-state index contributed by atoms with van der Waals surface area (Å²) in [5.74, 6) is 0. The van der Waals surface area contributed by atoms with Crippen molar-refractivity contribution in [2.24, 2.45) is 0 Å². The number of aromatic nitrogens is 1. The van der Waals surface area contributed by atoms with Gasteiger partial charge in [-0.2, -0.15) is 0 Å². The molecule has 1 atom stereocenters. The molecule has 0 radical (unpaired) electrons. The Hall–Kier alpha value is -1.61. The summed E-state index contributed by atoms with van der Waals surface area (Å²) >= 11 is 0. The number of benzene rings is 1. The van der Waals surface area contributed by atoms with Crippen molar-refractivity contribution in [2.75, 3.05) is 25.5 Å². The van der Waals surface area contributed by atoms with Gasteiger partial charge in [0, 0.05) is 29.5 Å². The second-order valence-corrected chi connectivity index (χ2v) is 5.48. The van der Waals surface area contributed by atoms with Crippen LogP contribution in [-0.2, 0) is 0 Å². The van der Waals surface area contributed by atoms with E-state index in [2.05, 4.69) is 46.5 Å². The molecule has 19 heavy (non-hydrogen) atoms. The predicted molar refractivity (Wildman–Crippen MR) is 80.5 cm³/mol. The maximum atomic E-state index is 4.25. The lowest BCUT2D eigenvalue weighted by Crippen LogP contribution is -2.23. The molecule has 3 heteroatoms. The molecule has 0 amide bonds. The third-order valence-electron chi connectivity index (χ3n) is 3.99. The van der Waals surface area contributed by atoms with E-state index in [0.717, 1.165) is 0 Å². The Labute approximate surface area is 114 Å². The van der Waals surface area contributed by atoms with Crippen molar-refractivity contribution in [3.05, 3.63) is 36.7 Å². The molecule has 1 saturated heterocycles. The van der Waals surface area contributed by atoms with Gasteiger partial charge in [0.2, 0.25) is 0 Å². The lowest BCUT2D eigenvalue weighted by Gasteiger charge is -2.19. The molecule has 1 aliphatic heterocycles. The Morgan fingerprint density at radius 3 is 3.11 bits per heavy atom. The molecule has 1 aromatic heterocycles. The van der Waals surface area contributed by atoms with E-state index in [1.54, 1.807) is 0 Å². The smallest absolute Gasteiger partial charge is 0.0437 e. The lowest BCUT2D eigenvalue weighted by atomic mass is 10.1. The Bertz CT molecular complexity index is 547. The number of hydrogen-bond acceptors (Lipinski definition) is 3. The van der Waals surface area contributed by atoms with Crippen LogP contribution < -0.4 is 5.32 Å². The number of hydrogen-bond donors (Lipinski definition) is 1. The SMILES string of the molecule is CN1CCCC(Nc2cccc3ccncc23)CC1. The van der Waals surface area contributed by atoms with Gasteiger partial charge in [0.15, 0.2) is 0 Å². The minimum absolute atomic E-state index is 0.579. The number of fused-ring (bicyclic) bond motifs is 1. The molecule has 1 fully saturated rings. The van der Waals surface area contributed by atoms with E-state index in [9.17, 15) is 0 Å². The molecule has 2 heterocycles. The Balaban J connectivity index is 1.81. The summed E-state index contributed by atoms with van der Waals surface area (Å²) in [6.07, 6.45) is 7.55. The molecule has 0 aliphatic carbocycles. The average Bonchev–Trinajstić information content (AvgIpc) is 2.64. The fourth-order valence-electron chi connectivity index (χ4n) is 2.84. The monoisotopic (exact) mass is 255 g/mol. The molecule has 3 nitrogen and oxygen atoms in total. The summed E-state index contributed by atoms with van der Waals surface area (Å²) in [5, 5.41) is 6.20. The number of pyridine rings is 1. The van der Waals surface area contributed by atoms with Crippen molar-refractivity contribution in [3.8, 4) is 0 Å². The topological polar surface area (TPSA) is 28.2 Å². The van der Waals surface area contributed by atoms with E-state index in [4.69, 9.17) is 0 Å². The third kappa shape index (κ3) is 2.87. The van der Waals surface area contributed by atoms with E-state index >= 15 is 0 Å². The fraction of sp³-hybridized carbons (Fsp3) is 0.438. The molecule has 0 bridgehead atoms. The van der Waals surface area contributed by atoms with Gasteiger partial charge < -0.3 is 10.2 Å². The van der Waals surface area contributed by atoms with E-state index in [1.807, 2.05) is 12.4 Å². The minimum Gasteiger partial charge on any atom is -0.382 e. The number of nitrogens with zero attached hydrogens (tertiary/aromatic N) is 2. The average molecular weight is 255 g/mol. The van der Waals surface area contributed by atoms with Crippen LogP contribution in [0.15, 0.2) is 36.7 Å². The van der Waals surface area contributed by atoms with E-state index in [0.29, 0.717) is 6.04 Å². The first kappa shape index (κ1) is 12.4. The maximum Gasteiger partial charge on any atom is 0.0437 e. The van der Waals surface area contributed by atoms with Crippen LogP contribution in [0, 0.1) is 0 Å². The molecule has 0 saturated carbocycles. The molecule has 1 aromatic carbocycles. The van der Waals surface area contributed by atoms with Crippen LogP contribution in [0.25, 0.3) is 10.8 Å². The summed E-state index contributed by atoms with van der Waals surface area (Å²) < 4.78 is 0. The fourth-order valence-corrected chi connectivity index (χ4v) is 2.84. The zero-order valence-electron chi connectivity index (χ0n) is 11.5. The standard InChI is InChI=1S/C16H21N3/c1-19-10-3-5-14(8-11-19)18-16-6-2-4-13-7-9-17-12-15(13)16/h2,4,6-7,9,12,14,18H,3,5,8,10-11H2,1H3. The van der Waals surface area contributed by atoms with Crippen molar-refractivity contribution in [1.82, 2.24) is 9.88 Å². The van der Waals surface area contributed by atoms with Crippen molar-refractivity contribution in [1.29, 1.82) is 0 Å². The molecule has 1 aliphatic rings. The van der Waals surface area contributed by atoms with E-state index < -0.39 is 0 Å². The van der Waals surface area contributed by atoms with Crippen molar-refractivity contribution >= 4 is 16.5 Å². The van der Waals surface area contributed by atoms with Crippen LogP contribution in [-0.4, -0.2) is 36.1 Å². The first-order valence-electron chi connectivity index (χ1n) is 7.11. The van der Waals surface area contributed by atoms with Crippen molar-refractivity contribution in [3.63, 3.8) is 0 Å². The lowest BCUT2D eigenvalue weighted by molar-refractivity contribution is 0.348. The highest BCUT2D eigenvalue weighted by atomic mass is 15.1. The van der Waals surface area contributed by atoms with Gasteiger partial charge in [-0.25, -0.2) is 0 Å². The highest BCUT2D eigenvalue weighted by Gasteiger charge is 2.15. The van der Waals surface area contributed by atoms with Crippen LogP contribution in [0.2, 0.25) is 0 Å². The van der Waals surface area contributed by atoms with Crippen LogP contribution >= 0.6 is 0 Å². The Morgan fingerprint density at radius 2 is 2.16 bits per heavy atom. The van der Waals surface area contributed by atoms with Crippen LogP contribution in [0.4, 0.5) is 5.69 Å². The van der Waals surface area contributed by atoms with Crippen molar-refractivity contribution in [2.45, 2.75) is 25.3 Å². The second-order valence-electron chi connectivity index (χ2n) is 5.48. The zero-order chi connectivity index (χ0) is 13.1. The van der Waals surface area contributed by atoms with Crippen LogP contribution in [0.5, 0.6) is 0 Å². The molecule has 100 valence electrons. The predicted octanol–water partition coefficient (Wildman–Crippen LogP) is 3.13. The number of anilines is 1. The minimum atomic E-state index is 0.579. The van der Waals surface area contributed by atoms with E-state index in [1.165, 1.54) is 48.8 Å².